The molecule has 1 fully saturated rings. The number of aryl methyl sites for hydroxylation is 1. The van der Waals surface area contributed by atoms with Gasteiger partial charge in [0.2, 0.25) is 0 Å². The second kappa shape index (κ2) is 4.57. The van der Waals surface area contributed by atoms with Crippen LogP contribution < -0.4 is 0 Å². The number of aromatic nitrogens is 3. The summed E-state index contributed by atoms with van der Waals surface area (Å²) in [6.07, 6.45) is -2.07. The van der Waals surface area contributed by atoms with Crippen molar-refractivity contribution in [1.29, 1.82) is 0 Å². The number of nitrogens with zero attached hydrogens (tertiary/aromatic N) is 3. The lowest BCUT2D eigenvalue weighted by Crippen LogP contribution is -2.37. The Hall–Kier alpha value is -1.92. The van der Waals surface area contributed by atoms with E-state index in [1.54, 1.807) is 18.3 Å². The van der Waals surface area contributed by atoms with E-state index in [1.165, 1.54) is 0 Å². The maximum absolute atomic E-state index is 12.7. The van der Waals surface area contributed by atoms with E-state index in [0.29, 0.717) is 12.0 Å². The Morgan fingerprint density at radius 3 is 2.60 bits per heavy atom. The van der Waals surface area contributed by atoms with Crippen LogP contribution in [0.5, 0.6) is 0 Å². The van der Waals surface area contributed by atoms with Crippen LogP contribution in [0.1, 0.15) is 30.3 Å². The molecule has 2 heterocycles. The minimum absolute atomic E-state index is 0.129. The van der Waals surface area contributed by atoms with Crippen molar-refractivity contribution >= 4 is 0 Å². The zero-order valence-corrected chi connectivity index (χ0v) is 10.7. The van der Waals surface area contributed by atoms with Crippen LogP contribution >= 0.6 is 0 Å². The van der Waals surface area contributed by atoms with Crippen LogP contribution in [0.25, 0.3) is 11.5 Å². The molecule has 0 bridgehead atoms. The number of halogens is 3. The maximum atomic E-state index is 12.7. The highest BCUT2D eigenvalue weighted by Crippen LogP contribution is 2.50. The molecule has 0 radical (unpaired) electrons. The topological polar surface area (TPSA) is 51.8 Å². The van der Waals surface area contributed by atoms with Crippen molar-refractivity contribution in [2.75, 3.05) is 0 Å². The molecular formula is C13H12F3N3O. The standard InChI is InChI=1S/C13H12F3N3O/c1-7-2-3-8(6-17-7)12-18-11(19-20-12)9-4-5-10(9)13(14,15)16/h2-3,6,9-10H,4-5H2,1H3/t9-,10-/m1/s1. The van der Waals surface area contributed by atoms with Crippen molar-refractivity contribution in [1.82, 2.24) is 15.1 Å². The molecule has 2 aromatic heterocycles. The molecule has 0 N–H and O–H groups in total. The fourth-order valence-electron chi connectivity index (χ4n) is 2.30. The number of rotatable bonds is 2. The molecule has 3 rings (SSSR count). The molecule has 1 aliphatic carbocycles. The van der Waals surface area contributed by atoms with Gasteiger partial charge in [-0.2, -0.15) is 18.2 Å². The monoisotopic (exact) mass is 283 g/mol. The van der Waals surface area contributed by atoms with Gasteiger partial charge in [0.05, 0.1) is 11.5 Å². The highest BCUT2D eigenvalue weighted by atomic mass is 19.4. The SMILES string of the molecule is Cc1ccc(-c2nc([C@@H]3CC[C@H]3C(F)(F)F)no2)cn1. The summed E-state index contributed by atoms with van der Waals surface area (Å²) in [6, 6.07) is 3.53. The Bertz CT molecular complexity index is 606. The van der Waals surface area contributed by atoms with Gasteiger partial charge >= 0.3 is 6.18 Å². The lowest BCUT2D eigenvalue weighted by Gasteiger charge is -2.35. The van der Waals surface area contributed by atoms with E-state index in [9.17, 15) is 13.2 Å². The summed E-state index contributed by atoms with van der Waals surface area (Å²) in [5, 5.41) is 3.69. The third-order valence-corrected chi connectivity index (χ3v) is 3.63. The van der Waals surface area contributed by atoms with Gasteiger partial charge in [0, 0.05) is 17.8 Å². The summed E-state index contributed by atoms with van der Waals surface area (Å²) < 4.78 is 43.2. The van der Waals surface area contributed by atoms with Gasteiger partial charge in [-0.05, 0) is 31.9 Å². The van der Waals surface area contributed by atoms with Gasteiger partial charge in [0.25, 0.3) is 5.89 Å². The summed E-state index contributed by atoms with van der Waals surface area (Å²) in [6.45, 7) is 1.84. The zero-order valence-electron chi connectivity index (χ0n) is 10.7. The molecular weight excluding hydrogens is 271 g/mol. The molecule has 1 aliphatic rings. The van der Waals surface area contributed by atoms with Crippen molar-refractivity contribution < 1.29 is 17.7 Å². The Balaban J connectivity index is 1.82. The quantitative estimate of drug-likeness (QED) is 0.846. The Labute approximate surface area is 113 Å². The largest absolute Gasteiger partial charge is 0.392 e. The molecule has 0 amide bonds. The van der Waals surface area contributed by atoms with Crippen molar-refractivity contribution in [3.8, 4) is 11.5 Å². The van der Waals surface area contributed by atoms with Crippen LogP contribution in [0.3, 0.4) is 0 Å². The van der Waals surface area contributed by atoms with E-state index >= 15 is 0 Å². The van der Waals surface area contributed by atoms with E-state index < -0.39 is 18.0 Å². The fraction of sp³-hybridized carbons (Fsp3) is 0.462. The van der Waals surface area contributed by atoms with Gasteiger partial charge in [-0.15, -0.1) is 0 Å². The molecule has 0 aliphatic heterocycles. The summed E-state index contributed by atoms with van der Waals surface area (Å²) in [7, 11) is 0. The molecule has 20 heavy (non-hydrogen) atoms. The molecule has 4 nitrogen and oxygen atoms in total. The van der Waals surface area contributed by atoms with E-state index in [4.69, 9.17) is 4.52 Å². The number of hydrogen-bond donors (Lipinski definition) is 0. The summed E-state index contributed by atoms with van der Waals surface area (Å²) in [4.78, 5) is 8.17. The summed E-state index contributed by atoms with van der Waals surface area (Å²) >= 11 is 0. The molecule has 0 saturated heterocycles. The van der Waals surface area contributed by atoms with Crippen LogP contribution in [0.2, 0.25) is 0 Å². The first kappa shape index (κ1) is 13.1. The first-order valence-electron chi connectivity index (χ1n) is 6.28. The van der Waals surface area contributed by atoms with Gasteiger partial charge in [-0.25, -0.2) is 0 Å². The molecule has 2 atom stereocenters. The second-order valence-corrected chi connectivity index (χ2v) is 4.98. The lowest BCUT2D eigenvalue weighted by atomic mass is 9.73. The van der Waals surface area contributed by atoms with Crippen LogP contribution in [0.15, 0.2) is 22.9 Å². The fourth-order valence-corrected chi connectivity index (χ4v) is 2.30. The van der Waals surface area contributed by atoms with E-state index in [0.717, 1.165) is 5.69 Å². The van der Waals surface area contributed by atoms with Gasteiger partial charge in [0.1, 0.15) is 0 Å². The van der Waals surface area contributed by atoms with E-state index in [-0.39, 0.29) is 18.1 Å². The predicted octanol–water partition coefficient (Wildman–Crippen LogP) is 3.50. The van der Waals surface area contributed by atoms with Crippen molar-refractivity contribution in [3.63, 3.8) is 0 Å². The highest BCUT2D eigenvalue weighted by Gasteiger charge is 2.52. The second-order valence-electron chi connectivity index (χ2n) is 4.98. The van der Waals surface area contributed by atoms with Crippen molar-refractivity contribution in [3.05, 3.63) is 29.8 Å². The highest BCUT2D eigenvalue weighted by molar-refractivity contribution is 5.51. The predicted molar refractivity (Wildman–Crippen MR) is 63.8 cm³/mol. The summed E-state index contributed by atoms with van der Waals surface area (Å²) in [5.74, 6) is -1.70. The lowest BCUT2D eigenvalue weighted by molar-refractivity contribution is -0.201. The normalized spacial score (nSPS) is 22.6. The Kier molecular flexibility index (Phi) is 2.99. The van der Waals surface area contributed by atoms with Crippen molar-refractivity contribution in [2.45, 2.75) is 31.9 Å². The average molecular weight is 283 g/mol. The number of alkyl halides is 3. The average Bonchev–Trinajstić information content (AvgIpc) is 2.75. The Morgan fingerprint density at radius 1 is 1.25 bits per heavy atom. The Morgan fingerprint density at radius 2 is 2.05 bits per heavy atom. The molecule has 106 valence electrons. The molecule has 0 aromatic carbocycles. The maximum Gasteiger partial charge on any atom is 0.392 e. The third kappa shape index (κ3) is 2.28. The van der Waals surface area contributed by atoms with E-state index in [1.807, 2.05) is 6.92 Å². The van der Waals surface area contributed by atoms with E-state index in [2.05, 4.69) is 15.1 Å². The smallest absolute Gasteiger partial charge is 0.334 e. The van der Waals surface area contributed by atoms with Crippen LogP contribution in [-0.2, 0) is 0 Å². The molecule has 1 saturated carbocycles. The van der Waals surface area contributed by atoms with Gasteiger partial charge in [-0.3, -0.25) is 4.98 Å². The summed E-state index contributed by atoms with van der Waals surface area (Å²) in [5.41, 5.74) is 1.45. The minimum Gasteiger partial charge on any atom is -0.334 e. The van der Waals surface area contributed by atoms with Crippen molar-refractivity contribution in [2.24, 2.45) is 5.92 Å². The zero-order chi connectivity index (χ0) is 14.3. The molecule has 0 spiro atoms. The number of pyridine rings is 1. The van der Waals surface area contributed by atoms with Crippen LogP contribution in [0.4, 0.5) is 13.2 Å². The minimum atomic E-state index is -4.20. The third-order valence-electron chi connectivity index (χ3n) is 3.63. The van der Waals surface area contributed by atoms with Gasteiger partial charge in [0.15, 0.2) is 5.82 Å². The van der Waals surface area contributed by atoms with Crippen LogP contribution in [0, 0.1) is 12.8 Å². The van der Waals surface area contributed by atoms with Crippen LogP contribution in [-0.4, -0.2) is 21.3 Å². The molecule has 2 aromatic rings. The first-order valence-corrected chi connectivity index (χ1v) is 6.28. The first-order chi connectivity index (χ1) is 9.45. The number of hydrogen-bond acceptors (Lipinski definition) is 4. The van der Waals surface area contributed by atoms with Gasteiger partial charge < -0.3 is 4.52 Å². The molecule has 0 unspecified atom stereocenters. The molecule has 7 heteroatoms. The van der Waals surface area contributed by atoms with Gasteiger partial charge in [-0.1, -0.05) is 5.16 Å².